The average molecular weight is 278 g/mol. The van der Waals surface area contributed by atoms with E-state index in [0.29, 0.717) is 34.9 Å². The minimum absolute atomic E-state index is 0.0565. The Kier molecular flexibility index (Phi) is 3.17. The van der Waals surface area contributed by atoms with Crippen molar-refractivity contribution in [3.8, 4) is 16.9 Å². The van der Waals surface area contributed by atoms with Gasteiger partial charge in [-0.1, -0.05) is 29.8 Å². The van der Waals surface area contributed by atoms with E-state index < -0.39 is 0 Å². The van der Waals surface area contributed by atoms with Crippen LogP contribution < -0.4 is 10.5 Å². The zero-order chi connectivity index (χ0) is 13.4. The number of ether oxygens (including phenoxy) is 1. The average Bonchev–Trinajstić information content (AvgIpc) is 2.81. The van der Waals surface area contributed by atoms with E-state index >= 15 is 0 Å². The summed E-state index contributed by atoms with van der Waals surface area (Å²) in [5.41, 5.74) is 7.82. The molecule has 2 N–H and O–H groups in total. The maximum absolute atomic E-state index is 13.9. The first-order valence-corrected chi connectivity index (χ1v) is 6.51. The molecule has 98 valence electrons. The first kappa shape index (κ1) is 12.5. The fraction of sp³-hybridized carbons (Fsp3) is 0.200. The first-order valence-electron chi connectivity index (χ1n) is 6.13. The molecular weight excluding hydrogens is 265 g/mol. The van der Waals surface area contributed by atoms with Gasteiger partial charge in [0, 0.05) is 29.1 Å². The molecule has 2 nitrogen and oxygen atoms in total. The maximum Gasteiger partial charge on any atom is 0.131 e. The van der Waals surface area contributed by atoms with Crippen molar-refractivity contribution in [1.29, 1.82) is 0 Å². The molecule has 2 aromatic rings. The summed E-state index contributed by atoms with van der Waals surface area (Å²) in [5.74, 6) is 0.414. The van der Waals surface area contributed by atoms with E-state index in [0.717, 1.165) is 5.56 Å². The molecule has 0 radical (unpaired) electrons. The van der Waals surface area contributed by atoms with Crippen LogP contribution in [0.5, 0.6) is 5.75 Å². The number of nitrogens with two attached hydrogens (primary N) is 1. The van der Waals surface area contributed by atoms with Crippen molar-refractivity contribution in [2.45, 2.75) is 12.5 Å². The Morgan fingerprint density at radius 3 is 2.79 bits per heavy atom. The smallest absolute Gasteiger partial charge is 0.131 e. The lowest BCUT2D eigenvalue weighted by Gasteiger charge is -2.12. The minimum Gasteiger partial charge on any atom is -0.488 e. The predicted molar refractivity (Wildman–Crippen MR) is 74.0 cm³/mol. The van der Waals surface area contributed by atoms with Crippen LogP contribution in [0.4, 0.5) is 4.39 Å². The van der Waals surface area contributed by atoms with Gasteiger partial charge in [0.05, 0.1) is 0 Å². The summed E-state index contributed by atoms with van der Waals surface area (Å²) in [6.45, 7) is 0.434. The van der Waals surface area contributed by atoms with Gasteiger partial charge in [0.1, 0.15) is 17.7 Å². The Morgan fingerprint density at radius 2 is 2.05 bits per heavy atom. The van der Waals surface area contributed by atoms with Crippen molar-refractivity contribution in [3.63, 3.8) is 0 Å². The Morgan fingerprint density at radius 1 is 1.26 bits per heavy atom. The van der Waals surface area contributed by atoms with Gasteiger partial charge in [-0.05, 0) is 23.8 Å². The highest BCUT2D eigenvalue weighted by molar-refractivity contribution is 6.31. The number of hydrogen-bond acceptors (Lipinski definition) is 2. The van der Waals surface area contributed by atoms with Gasteiger partial charge in [0.2, 0.25) is 0 Å². The zero-order valence-electron chi connectivity index (χ0n) is 10.2. The number of fused-ring (bicyclic) bond motifs is 1. The quantitative estimate of drug-likeness (QED) is 0.913. The SMILES string of the molecule is NC[C@H]1Cc2cc(Cl)cc(-c3ccccc3F)c2O1. The van der Waals surface area contributed by atoms with E-state index in [1.54, 1.807) is 24.3 Å². The third-order valence-electron chi connectivity index (χ3n) is 3.29. The van der Waals surface area contributed by atoms with Crippen LogP contribution in [0, 0.1) is 5.82 Å². The third kappa shape index (κ3) is 2.20. The summed E-state index contributed by atoms with van der Waals surface area (Å²) in [7, 11) is 0. The molecule has 4 heteroatoms. The summed E-state index contributed by atoms with van der Waals surface area (Å²) < 4.78 is 19.7. The lowest BCUT2D eigenvalue weighted by molar-refractivity contribution is 0.242. The third-order valence-corrected chi connectivity index (χ3v) is 3.51. The molecule has 0 unspecified atom stereocenters. The second kappa shape index (κ2) is 4.83. The van der Waals surface area contributed by atoms with E-state index in [4.69, 9.17) is 22.1 Å². The molecule has 0 aliphatic carbocycles. The van der Waals surface area contributed by atoms with E-state index in [1.807, 2.05) is 6.07 Å². The topological polar surface area (TPSA) is 35.2 Å². The second-order valence-electron chi connectivity index (χ2n) is 4.60. The van der Waals surface area contributed by atoms with Crippen LogP contribution >= 0.6 is 11.6 Å². The number of rotatable bonds is 2. The molecule has 1 aliphatic rings. The monoisotopic (exact) mass is 277 g/mol. The molecule has 0 aromatic heterocycles. The molecule has 0 fully saturated rings. The molecule has 1 heterocycles. The second-order valence-corrected chi connectivity index (χ2v) is 5.04. The van der Waals surface area contributed by atoms with Gasteiger partial charge in [-0.3, -0.25) is 0 Å². The molecule has 3 rings (SSSR count). The van der Waals surface area contributed by atoms with Crippen molar-refractivity contribution in [3.05, 3.63) is 52.8 Å². The Labute approximate surface area is 115 Å². The summed E-state index contributed by atoms with van der Waals surface area (Å²) >= 11 is 6.11. The largest absolute Gasteiger partial charge is 0.488 e. The number of benzene rings is 2. The molecule has 0 bridgehead atoms. The molecule has 1 atom stereocenters. The fourth-order valence-corrected chi connectivity index (χ4v) is 2.65. The van der Waals surface area contributed by atoms with Gasteiger partial charge in [-0.15, -0.1) is 0 Å². The fourth-order valence-electron chi connectivity index (χ4n) is 2.41. The van der Waals surface area contributed by atoms with Crippen LogP contribution in [-0.4, -0.2) is 12.6 Å². The molecular formula is C15H13ClFNO. The highest BCUT2D eigenvalue weighted by atomic mass is 35.5. The van der Waals surface area contributed by atoms with Gasteiger partial charge in [0.15, 0.2) is 0 Å². The maximum atomic E-state index is 13.9. The molecule has 2 aromatic carbocycles. The van der Waals surface area contributed by atoms with Gasteiger partial charge in [-0.2, -0.15) is 0 Å². The molecule has 0 saturated carbocycles. The van der Waals surface area contributed by atoms with Crippen LogP contribution in [0.1, 0.15) is 5.56 Å². The molecule has 0 spiro atoms. The highest BCUT2D eigenvalue weighted by Crippen LogP contribution is 2.41. The summed E-state index contributed by atoms with van der Waals surface area (Å²) in [6.07, 6.45) is 0.660. The molecule has 1 aliphatic heterocycles. The van der Waals surface area contributed by atoms with E-state index in [1.165, 1.54) is 6.07 Å². The zero-order valence-corrected chi connectivity index (χ0v) is 11.0. The molecule has 19 heavy (non-hydrogen) atoms. The van der Waals surface area contributed by atoms with E-state index in [-0.39, 0.29) is 11.9 Å². The van der Waals surface area contributed by atoms with Gasteiger partial charge < -0.3 is 10.5 Å². The first-order chi connectivity index (χ1) is 9.19. The van der Waals surface area contributed by atoms with Crippen molar-refractivity contribution in [2.75, 3.05) is 6.54 Å². The van der Waals surface area contributed by atoms with E-state index in [9.17, 15) is 4.39 Å². The van der Waals surface area contributed by atoms with Crippen LogP contribution in [-0.2, 0) is 6.42 Å². The van der Waals surface area contributed by atoms with Crippen molar-refractivity contribution < 1.29 is 9.13 Å². The van der Waals surface area contributed by atoms with Gasteiger partial charge in [-0.25, -0.2) is 4.39 Å². The van der Waals surface area contributed by atoms with Gasteiger partial charge >= 0.3 is 0 Å². The van der Waals surface area contributed by atoms with Crippen molar-refractivity contribution >= 4 is 11.6 Å². The Balaban J connectivity index is 2.16. The minimum atomic E-state index is -0.285. The van der Waals surface area contributed by atoms with Crippen molar-refractivity contribution in [2.24, 2.45) is 5.73 Å². The highest BCUT2D eigenvalue weighted by Gasteiger charge is 2.26. The molecule has 0 amide bonds. The summed E-state index contributed by atoms with van der Waals surface area (Å²) in [5, 5.41) is 0.582. The molecule has 0 saturated heterocycles. The van der Waals surface area contributed by atoms with Crippen molar-refractivity contribution in [1.82, 2.24) is 0 Å². The number of halogens is 2. The van der Waals surface area contributed by atoms with Gasteiger partial charge in [0.25, 0.3) is 0 Å². The Bertz CT molecular complexity index is 630. The van der Waals surface area contributed by atoms with Crippen LogP contribution in [0.15, 0.2) is 36.4 Å². The van der Waals surface area contributed by atoms with Crippen LogP contribution in [0.2, 0.25) is 5.02 Å². The van der Waals surface area contributed by atoms with E-state index in [2.05, 4.69) is 0 Å². The summed E-state index contributed by atoms with van der Waals surface area (Å²) in [6, 6.07) is 10.2. The van der Waals surface area contributed by atoms with Crippen LogP contribution in [0.3, 0.4) is 0 Å². The normalized spacial score (nSPS) is 17.1. The lowest BCUT2D eigenvalue weighted by Crippen LogP contribution is -2.24. The number of hydrogen-bond donors (Lipinski definition) is 1. The predicted octanol–water partition coefficient (Wildman–Crippen LogP) is 3.41. The Hall–Kier alpha value is -1.58. The standard InChI is InChI=1S/C15H13ClFNO/c16-10-5-9-6-11(8-18)19-15(9)13(7-10)12-3-1-2-4-14(12)17/h1-5,7,11H,6,8,18H2/t11-/m1/s1. The van der Waals surface area contributed by atoms with Crippen LogP contribution in [0.25, 0.3) is 11.1 Å². The summed E-state index contributed by atoms with van der Waals surface area (Å²) in [4.78, 5) is 0. The lowest BCUT2D eigenvalue weighted by atomic mass is 10.00.